The lowest BCUT2D eigenvalue weighted by atomic mass is 10.3. The average Bonchev–Trinajstić information content (AvgIpc) is 2.64. The fraction of sp³-hybridized carbons (Fsp3) is 0.545. The van der Waals surface area contributed by atoms with Crippen LogP contribution < -0.4 is 16.4 Å². The van der Waals surface area contributed by atoms with Crippen LogP contribution in [0.4, 0.5) is 10.7 Å². The minimum absolute atomic E-state index is 0.000133. The topological polar surface area (TPSA) is 105 Å². The molecule has 1 aromatic heterocycles. The minimum atomic E-state index is -3.51. The third-order valence-corrected chi connectivity index (χ3v) is 5.01. The Morgan fingerprint density at radius 2 is 2.00 bits per heavy atom. The number of sulfone groups is 1. The van der Waals surface area contributed by atoms with Crippen LogP contribution in [0.15, 0.2) is 4.90 Å². The van der Waals surface area contributed by atoms with Gasteiger partial charge >= 0.3 is 0 Å². The Morgan fingerprint density at radius 3 is 2.45 bits per heavy atom. The number of anilines is 2. The predicted molar refractivity (Wildman–Crippen MR) is 82.3 cm³/mol. The number of hydrogen-bond donors (Lipinski definition) is 3. The average molecular weight is 320 g/mol. The van der Waals surface area contributed by atoms with Crippen molar-refractivity contribution in [3.8, 4) is 0 Å². The van der Waals surface area contributed by atoms with Crippen molar-refractivity contribution in [3.05, 3.63) is 4.88 Å². The van der Waals surface area contributed by atoms with Crippen LogP contribution in [0.25, 0.3) is 0 Å². The van der Waals surface area contributed by atoms with Gasteiger partial charge in [-0.1, -0.05) is 0 Å². The predicted octanol–water partition coefficient (Wildman–Crippen LogP) is 0.0669. The van der Waals surface area contributed by atoms with Gasteiger partial charge in [-0.15, -0.1) is 11.3 Å². The molecule has 7 nitrogen and oxygen atoms in total. The van der Waals surface area contributed by atoms with Crippen molar-refractivity contribution in [1.82, 2.24) is 10.2 Å². The summed E-state index contributed by atoms with van der Waals surface area (Å²) in [4.78, 5) is 13.9. The molecule has 0 saturated heterocycles. The quantitative estimate of drug-likeness (QED) is 0.685. The molecule has 4 N–H and O–H groups in total. The number of carbonyl (C=O) groups is 1. The smallest absolute Gasteiger partial charge is 0.263 e. The molecule has 0 atom stereocenters. The van der Waals surface area contributed by atoms with Crippen LogP contribution in [0.1, 0.15) is 9.67 Å². The molecule has 1 amide bonds. The third kappa shape index (κ3) is 3.84. The van der Waals surface area contributed by atoms with Crippen LogP contribution in [-0.4, -0.2) is 59.7 Å². The summed E-state index contributed by atoms with van der Waals surface area (Å²) in [5.74, 6) is -0.391. The fourth-order valence-electron chi connectivity index (χ4n) is 1.59. The molecule has 0 bridgehead atoms. The Kier molecular flexibility index (Phi) is 5.37. The Labute approximate surface area is 123 Å². The molecule has 0 aromatic carbocycles. The second-order valence-electron chi connectivity index (χ2n) is 4.58. The summed E-state index contributed by atoms with van der Waals surface area (Å²) >= 11 is 1.05. The highest BCUT2D eigenvalue weighted by Gasteiger charge is 2.26. The molecule has 0 aliphatic rings. The number of nitrogen functional groups attached to an aromatic ring is 1. The number of carbonyl (C=O) groups excluding carboxylic acids is 1. The fourth-order valence-corrected chi connectivity index (χ4v) is 4.13. The van der Waals surface area contributed by atoms with Gasteiger partial charge in [-0.05, 0) is 14.1 Å². The van der Waals surface area contributed by atoms with E-state index in [1.54, 1.807) is 0 Å². The number of nitrogens with one attached hydrogen (secondary N) is 2. The van der Waals surface area contributed by atoms with Gasteiger partial charge in [-0.2, -0.15) is 0 Å². The summed E-state index contributed by atoms with van der Waals surface area (Å²) in [7, 11) is 1.80. The molecule has 0 spiro atoms. The summed E-state index contributed by atoms with van der Waals surface area (Å²) in [5, 5.41) is 5.89. The molecule has 0 radical (unpaired) electrons. The maximum Gasteiger partial charge on any atom is 0.263 e. The van der Waals surface area contributed by atoms with Crippen molar-refractivity contribution in [2.24, 2.45) is 0 Å². The van der Waals surface area contributed by atoms with E-state index >= 15 is 0 Å². The van der Waals surface area contributed by atoms with Gasteiger partial charge in [0, 0.05) is 26.4 Å². The van der Waals surface area contributed by atoms with Crippen LogP contribution in [0.2, 0.25) is 0 Å². The van der Waals surface area contributed by atoms with Crippen molar-refractivity contribution >= 4 is 37.8 Å². The summed E-state index contributed by atoms with van der Waals surface area (Å²) in [6.45, 7) is 1.29. The summed E-state index contributed by atoms with van der Waals surface area (Å²) < 4.78 is 23.7. The van der Waals surface area contributed by atoms with Crippen LogP contribution >= 0.6 is 11.3 Å². The zero-order valence-electron chi connectivity index (χ0n) is 12.0. The lowest BCUT2D eigenvalue weighted by Gasteiger charge is -2.11. The number of nitrogens with zero attached hydrogens (tertiary/aromatic N) is 1. The molecular weight excluding hydrogens is 300 g/mol. The molecule has 1 aromatic rings. The van der Waals surface area contributed by atoms with Gasteiger partial charge in [0.1, 0.15) is 14.8 Å². The zero-order valence-corrected chi connectivity index (χ0v) is 13.6. The number of rotatable bonds is 6. The van der Waals surface area contributed by atoms with E-state index in [4.69, 9.17) is 5.73 Å². The third-order valence-electron chi connectivity index (χ3n) is 2.55. The molecule has 0 aliphatic carbocycles. The number of hydrogen-bond acceptors (Lipinski definition) is 7. The van der Waals surface area contributed by atoms with E-state index < -0.39 is 15.7 Å². The van der Waals surface area contributed by atoms with Gasteiger partial charge in [0.2, 0.25) is 0 Å². The molecule has 1 rings (SSSR count). The molecule has 9 heteroatoms. The van der Waals surface area contributed by atoms with E-state index in [1.165, 1.54) is 7.05 Å². The first kappa shape index (κ1) is 16.7. The summed E-state index contributed by atoms with van der Waals surface area (Å²) in [6.07, 6.45) is 1.08. The number of thiophene rings is 1. The van der Waals surface area contributed by atoms with Gasteiger partial charge in [-0.25, -0.2) is 8.42 Å². The van der Waals surface area contributed by atoms with E-state index in [0.29, 0.717) is 11.5 Å². The zero-order chi connectivity index (χ0) is 15.5. The molecular formula is C11H20N4O3S2. The molecule has 0 fully saturated rings. The van der Waals surface area contributed by atoms with Crippen LogP contribution in [-0.2, 0) is 9.84 Å². The molecule has 0 aliphatic heterocycles. The second-order valence-corrected chi connectivity index (χ2v) is 7.56. The van der Waals surface area contributed by atoms with Gasteiger partial charge in [0.05, 0.1) is 5.69 Å². The minimum Gasteiger partial charge on any atom is -0.396 e. The SMILES string of the molecule is CNC(=O)c1sc(NCCN(C)C)c(S(C)(=O)=O)c1N. The summed E-state index contributed by atoms with van der Waals surface area (Å²) in [5.41, 5.74) is 5.82. The van der Waals surface area contributed by atoms with Gasteiger partial charge in [0.15, 0.2) is 9.84 Å². The number of nitrogens with two attached hydrogens (primary N) is 1. The van der Waals surface area contributed by atoms with Crippen LogP contribution in [0.3, 0.4) is 0 Å². The first-order chi connectivity index (χ1) is 9.18. The van der Waals surface area contributed by atoms with Crippen molar-refractivity contribution in [2.75, 3.05) is 51.5 Å². The summed E-state index contributed by atoms with van der Waals surface area (Å²) in [6, 6.07) is 0. The Morgan fingerprint density at radius 1 is 1.40 bits per heavy atom. The van der Waals surface area contributed by atoms with Crippen molar-refractivity contribution < 1.29 is 13.2 Å². The lowest BCUT2D eigenvalue weighted by molar-refractivity contribution is 0.0968. The van der Waals surface area contributed by atoms with E-state index in [-0.39, 0.29) is 15.5 Å². The molecule has 20 heavy (non-hydrogen) atoms. The molecule has 1 heterocycles. The lowest BCUT2D eigenvalue weighted by Crippen LogP contribution is -2.21. The van der Waals surface area contributed by atoms with Gasteiger partial charge in [0.25, 0.3) is 5.91 Å². The first-order valence-electron chi connectivity index (χ1n) is 5.91. The van der Waals surface area contributed by atoms with Crippen LogP contribution in [0.5, 0.6) is 0 Å². The van der Waals surface area contributed by atoms with E-state index in [2.05, 4.69) is 10.6 Å². The number of amides is 1. The monoisotopic (exact) mass is 320 g/mol. The largest absolute Gasteiger partial charge is 0.396 e. The van der Waals surface area contributed by atoms with Gasteiger partial charge < -0.3 is 21.3 Å². The standard InChI is InChI=1S/C11H20N4O3S2/c1-13-10(16)8-7(12)9(20(4,17)18)11(19-8)14-5-6-15(2)3/h14H,5-6,12H2,1-4H3,(H,13,16). The van der Waals surface area contributed by atoms with Crippen molar-refractivity contribution in [1.29, 1.82) is 0 Å². The van der Waals surface area contributed by atoms with Gasteiger partial charge in [-0.3, -0.25) is 4.79 Å². The highest BCUT2D eigenvalue weighted by atomic mass is 32.2. The first-order valence-corrected chi connectivity index (χ1v) is 8.62. The highest BCUT2D eigenvalue weighted by molar-refractivity contribution is 7.91. The van der Waals surface area contributed by atoms with Crippen molar-refractivity contribution in [2.45, 2.75) is 4.90 Å². The molecule has 0 saturated carbocycles. The maximum absolute atomic E-state index is 11.8. The Balaban J connectivity index is 3.18. The number of likely N-dealkylation sites (N-methyl/N-ethyl adjacent to an activating group) is 1. The van der Waals surface area contributed by atoms with Crippen molar-refractivity contribution in [3.63, 3.8) is 0 Å². The molecule has 0 unspecified atom stereocenters. The molecule has 114 valence electrons. The van der Waals surface area contributed by atoms with E-state index in [9.17, 15) is 13.2 Å². The maximum atomic E-state index is 11.8. The highest BCUT2D eigenvalue weighted by Crippen LogP contribution is 2.38. The van der Waals surface area contributed by atoms with E-state index in [1.807, 2.05) is 19.0 Å². The second kappa shape index (κ2) is 6.42. The Bertz CT molecular complexity index is 593. The Hall–Kier alpha value is -1.32. The van der Waals surface area contributed by atoms with Crippen LogP contribution in [0, 0.1) is 0 Å². The normalized spacial score (nSPS) is 11.7. The van der Waals surface area contributed by atoms with E-state index in [0.717, 1.165) is 24.1 Å².